The van der Waals surface area contributed by atoms with Crippen molar-refractivity contribution < 1.29 is 0 Å². The molecule has 0 fully saturated rings. The normalized spacial score (nSPS) is 17.9. The van der Waals surface area contributed by atoms with Crippen LogP contribution < -0.4 is 0 Å². The van der Waals surface area contributed by atoms with Crippen molar-refractivity contribution >= 4 is 16.3 Å². The van der Waals surface area contributed by atoms with Crippen molar-refractivity contribution in [2.75, 3.05) is 0 Å². The zero-order valence-corrected chi connectivity index (χ0v) is 7.35. The van der Waals surface area contributed by atoms with Crippen LogP contribution in [0.4, 0.5) is 0 Å². The van der Waals surface area contributed by atoms with Gasteiger partial charge in [0.15, 0.2) is 0 Å². The summed E-state index contributed by atoms with van der Waals surface area (Å²) in [5.41, 5.74) is 0. The van der Waals surface area contributed by atoms with Crippen LogP contribution in [0.5, 0.6) is 0 Å². The number of rotatable bonds is 3. The Hall–Kier alpha value is 0.532. The van der Waals surface area contributed by atoms with Crippen LogP contribution in [0.2, 0.25) is 4.28 Å². The molecule has 0 saturated carbocycles. The lowest BCUT2D eigenvalue weighted by molar-refractivity contribution is 0.534. The van der Waals surface area contributed by atoms with E-state index in [0.29, 0.717) is 4.28 Å². The number of hydrogen-bond acceptors (Lipinski definition) is 0. The van der Waals surface area contributed by atoms with Gasteiger partial charge >= 0.3 is 0 Å². The molecule has 1 unspecified atom stereocenters. The summed E-state index contributed by atoms with van der Waals surface area (Å²) in [6.07, 6.45) is 3.90. The van der Waals surface area contributed by atoms with Gasteiger partial charge in [-0.15, -0.1) is 0 Å². The Morgan fingerprint density at radius 2 is 1.88 bits per heavy atom. The second-order valence-electron chi connectivity index (χ2n) is 2.76. The average molecular weight is 126 g/mol. The summed E-state index contributed by atoms with van der Waals surface area (Å²) >= 11 is 2.91. The van der Waals surface area contributed by atoms with Crippen molar-refractivity contribution in [2.24, 2.45) is 0 Å². The van der Waals surface area contributed by atoms with Crippen molar-refractivity contribution in [3.05, 3.63) is 0 Å². The van der Waals surface area contributed by atoms with E-state index in [-0.39, 0.29) is 0 Å². The van der Waals surface area contributed by atoms with Gasteiger partial charge in [0.2, 0.25) is 0 Å². The van der Waals surface area contributed by atoms with E-state index in [2.05, 4.69) is 37.1 Å². The van der Waals surface area contributed by atoms with E-state index in [9.17, 15) is 0 Å². The summed E-state index contributed by atoms with van der Waals surface area (Å²) in [6.45, 7) is 6.77. The van der Waals surface area contributed by atoms with Crippen LogP contribution in [-0.4, -0.2) is 16.3 Å². The number of hydrogen-bond donors (Lipinski definition) is 0. The molecule has 0 aliphatic rings. The average Bonchev–Trinajstić information content (AvgIpc) is 1.67. The van der Waals surface area contributed by atoms with Crippen molar-refractivity contribution in [1.29, 1.82) is 0 Å². The molecule has 0 saturated heterocycles. The van der Waals surface area contributed by atoms with Crippen molar-refractivity contribution in [2.45, 2.75) is 44.3 Å². The summed E-state index contributed by atoms with van der Waals surface area (Å²) in [4.78, 5) is 0. The molecule has 0 aromatic heterocycles. The van der Waals surface area contributed by atoms with Crippen molar-refractivity contribution in [3.8, 4) is 0 Å². The fourth-order valence-corrected chi connectivity index (χ4v) is 1.04. The molecular formula is C7H15Al. The Bertz CT molecular complexity index is 57.4. The van der Waals surface area contributed by atoms with Crippen LogP contribution in [-0.2, 0) is 0 Å². The summed E-state index contributed by atoms with van der Waals surface area (Å²) in [7, 11) is 0. The van der Waals surface area contributed by atoms with Crippen LogP contribution in [0.15, 0.2) is 0 Å². The molecule has 0 heterocycles. The highest BCUT2D eigenvalue weighted by atomic mass is 27.0. The van der Waals surface area contributed by atoms with Gasteiger partial charge < -0.3 is 0 Å². The monoisotopic (exact) mass is 126 g/mol. The molecule has 0 aliphatic carbocycles. The topological polar surface area (TPSA) is 0 Å². The van der Waals surface area contributed by atoms with Crippen LogP contribution in [0.3, 0.4) is 0 Å². The lowest BCUT2D eigenvalue weighted by Gasteiger charge is -2.22. The Labute approximate surface area is 61.1 Å². The van der Waals surface area contributed by atoms with Gasteiger partial charge in [-0.2, -0.15) is 0 Å². The predicted octanol–water partition coefficient (Wildman–Crippen LogP) is 2.54. The molecular weight excluding hydrogens is 111 g/mol. The zero-order chi connectivity index (χ0) is 6.62. The molecule has 1 heteroatoms. The Kier molecular flexibility index (Phi) is 3.77. The van der Waals surface area contributed by atoms with Gasteiger partial charge in [0.25, 0.3) is 0 Å². The third-order valence-electron chi connectivity index (χ3n) is 1.63. The molecule has 0 aromatic carbocycles. The first-order chi connectivity index (χ1) is 3.62. The molecule has 8 heavy (non-hydrogen) atoms. The van der Waals surface area contributed by atoms with Crippen LogP contribution in [0.25, 0.3) is 0 Å². The Morgan fingerprint density at radius 1 is 1.38 bits per heavy atom. The van der Waals surface area contributed by atoms with E-state index in [0.717, 1.165) is 0 Å². The second kappa shape index (κ2) is 3.54. The SMILES string of the molecule is CCC[C](C)([Al])CC. The third-order valence-corrected chi connectivity index (χ3v) is 2.33. The van der Waals surface area contributed by atoms with Crippen LogP contribution >= 0.6 is 0 Å². The van der Waals surface area contributed by atoms with E-state index < -0.39 is 0 Å². The fourth-order valence-electron chi connectivity index (χ4n) is 0.748. The first-order valence-corrected chi connectivity index (χ1v) is 3.99. The minimum atomic E-state index is 0.509. The maximum atomic E-state index is 2.91. The summed E-state index contributed by atoms with van der Waals surface area (Å²) in [6, 6.07) is 0. The summed E-state index contributed by atoms with van der Waals surface area (Å²) in [5.74, 6) is 0. The zero-order valence-electron chi connectivity index (χ0n) is 6.20. The highest BCUT2D eigenvalue weighted by molar-refractivity contribution is 6.14. The molecule has 0 aromatic rings. The minimum Gasteiger partial charge on any atom is -0.0996 e. The van der Waals surface area contributed by atoms with E-state index in [1.807, 2.05) is 0 Å². The van der Waals surface area contributed by atoms with Gasteiger partial charge in [0.05, 0.1) is 0 Å². The van der Waals surface area contributed by atoms with E-state index in [1.54, 1.807) is 0 Å². The van der Waals surface area contributed by atoms with Gasteiger partial charge in [0, 0.05) is 0 Å². The smallest absolute Gasteiger partial charge is 0.0996 e. The van der Waals surface area contributed by atoms with Crippen LogP contribution in [0, 0.1) is 0 Å². The van der Waals surface area contributed by atoms with Crippen molar-refractivity contribution in [3.63, 3.8) is 0 Å². The third kappa shape index (κ3) is 3.52. The van der Waals surface area contributed by atoms with Crippen molar-refractivity contribution in [1.82, 2.24) is 0 Å². The molecule has 0 nitrogen and oxygen atoms in total. The van der Waals surface area contributed by atoms with Gasteiger partial charge in [0.1, 0.15) is 16.3 Å². The largest absolute Gasteiger partial charge is 0.129 e. The van der Waals surface area contributed by atoms with E-state index in [4.69, 9.17) is 0 Å². The maximum absolute atomic E-state index is 2.91. The molecule has 0 bridgehead atoms. The van der Waals surface area contributed by atoms with Crippen LogP contribution in [0.1, 0.15) is 40.0 Å². The molecule has 0 aliphatic heterocycles. The fraction of sp³-hybridized carbons (Fsp3) is 1.00. The highest BCUT2D eigenvalue weighted by Crippen LogP contribution is 2.30. The van der Waals surface area contributed by atoms with E-state index in [1.165, 1.54) is 19.3 Å². The molecule has 46 valence electrons. The van der Waals surface area contributed by atoms with E-state index >= 15 is 0 Å². The minimum absolute atomic E-state index is 0.509. The molecule has 0 amide bonds. The lowest BCUT2D eigenvalue weighted by Crippen LogP contribution is -2.04. The Balaban J connectivity index is 3.37. The molecule has 0 spiro atoms. The molecule has 0 N–H and O–H groups in total. The summed E-state index contributed by atoms with van der Waals surface area (Å²) in [5, 5.41) is 0. The standard InChI is InChI=1S/C7H15.Al/c1-4-6-7(3)5-2;/h4-6H2,1-3H3;. The van der Waals surface area contributed by atoms with Gasteiger partial charge in [-0.25, -0.2) is 0 Å². The predicted molar refractivity (Wildman–Crippen MR) is 39.3 cm³/mol. The summed E-state index contributed by atoms with van der Waals surface area (Å²) < 4.78 is 0.509. The Morgan fingerprint density at radius 3 is 2.00 bits per heavy atom. The first-order valence-electron chi connectivity index (χ1n) is 3.41. The molecule has 0 rings (SSSR count). The van der Waals surface area contributed by atoms with Gasteiger partial charge in [-0.3, -0.25) is 0 Å². The van der Waals surface area contributed by atoms with Gasteiger partial charge in [-0.05, 0) is 0 Å². The lowest BCUT2D eigenvalue weighted by atomic mass is 10.0. The van der Waals surface area contributed by atoms with Gasteiger partial charge in [-0.1, -0.05) is 44.3 Å². The molecule has 2 radical (unpaired) electrons. The molecule has 1 atom stereocenters. The maximum Gasteiger partial charge on any atom is 0.129 e. The second-order valence-corrected chi connectivity index (χ2v) is 4.15. The highest BCUT2D eigenvalue weighted by Gasteiger charge is 2.10. The first kappa shape index (κ1) is 8.53. The quantitative estimate of drug-likeness (QED) is 0.510.